The van der Waals surface area contributed by atoms with Crippen LogP contribution in [0.25, 0.3) is 0 Å². The fourth-order valence-corrected chi connectivity index (χ4v) is 2.92. The number of urea groups is 1. The summed E-state index contributed by atoms with van der Waals surface area (Å²) in [6, 6.07) is 8.75. The van der Waals surface area contributed by atoms with Crippen molar-refractivity contribution >= 4 is 11.7 Å². The molecule has 8 heteroatoms. The molecule has 8 nitrogen and oxygen atoms in total. The Morgan fingerprint density at radius 3 is 2.85 bits per heavy atom. The molecule has 1 atom stereocenters. The molecule has 0 spiro atoms. The Morgan fingerprint density at radius 1 is 1.30 bits per heavy atom. The summed E-state index contributed by atoms with van der Waals surface area (Å²) in [6.07, 6.45) is 3.71. The molecule has 1 N–H and O–H groups in total. The van der Waals surface area contributed by atoms with Crippen LogP contribution in [0.3, 0.4) is 0 Å². The van der Waals surface area contributed by atoms with Crippen molar-refractivity contribution in [1.29, 1.82) is 0 Å². The quantitative estimate of drug-likeness (QED) is 0.804. The maximum absolute atomic E-state index is 12.9. The van der Waals surface area contributed by atoms with E-state index in [4.69, 9.17) is 14.2 Å². The van der Waals surface area contributed by atoms with E-state index in [1.807, 2.05) is 18.2 Å². The van der Waals surface area contributed by atoms with E-state index < -0.39 is 0 Å². The SMILES string of the molecule is COc1ccc(NC(=O)N(Cc2ccccn2)C[C@H]2CCCO2)c(OC)n1. The molecule has 1 aliphatic rings. The molecule has 0 aliphatic carbocycles. The van der Waals surface area contributed by atoms with Gasteiger partial charge < -0.3 is 24.4 Å². The van der Waals surface area contributed by atoms with Crippen molar-refractivity contribution in [2.24, 2.45) is 0 Å². The number of hydrogen-bond donors (Lipinski definition) is 1. The zero-order valence-electron chi connectivity index (χ0n) is 15.6. The number of aromatic nitrogens is 2. The topological polar surface area (TPSA) is 85.8 Å². The number of pyridine rings is 2. The number of amides is 2. The lowest BCUT2D eigenvalue weighted by atomic mass is 10.2. The van der Waals surface area contributed by atoms with Crippen molar-refractivity contribution in [3.63, 3.8) is 0 Å². The van der Waals surface area contributed by atoms with Crippen LogP contribution in [0.15, 0.2) is 36.5 Å². The summed E-state index contributed by atoms with van der Waals surface area (Å²) in [7, 11) is 3.02. The van der Waals surface area contributed by atoms with Gasteiger partial charge in [-0.3, -0.25) is 4.98 Å². The maximum atomic E-state index is 12.9. The first-order valence-corrected chi connectivity index (χ1v) is 8.86. The Bertz CT molecular complexity index is 751. The lowest BCUT2D eigenvalue weighted by Gasteiger charge is -2.25. The second-order valence-corrected chi connectivity index (χ2v) is 6.18. The van der Waals surface area contributed by atoms with Crippen LogP contribution in [0.1, 0.15) is 18.5 Å². The normalized spacial score (nSPS) is 16.0. The third kappa shape index (κ3) is 5.07. The lowest BCUT2D eigenvalue weighted by molar-refractivity contribution is 0.0816. The molecule has 3 heterocycles. The first kappa shape index (κ1) is 18.9. The molecular weight excluding hydrogens is 348 g/mol. The Hall–Kier alpha value is -2.87. The van der Waals surface area contributed by atoms with Gasteiger partial charge in [0.05, 0.1) is 32.6 Å². The monoisotopic (exact) mass is 372 g/mol. The van der Waals surface area contributed by atoms with E-state index >= 15 is 0 Å². The van der Waals surface area contributed by atoms with Crippen molar-refractivity contribution in [2.75, 3.05) is 32.7 Å². The second kappa shape index (κ2) is 9.18. The smallest absolute Gasteiger partial charge is 0.322 e. The summed E-state index contributed by atoms with van der Waals surface area (Å²) in [6.45, 7) is 1.62. The van der Waals surface area contributed by atoms with Gasteiger partial charge in [-0.25, -0.2) is 4.79 Å². The maximum Gasteiger partial charge on any atom is 0.322 e. The number of carbonyl (C=O) groups excluding carboxylic acids is 1. The summed E-state index contributed by atoms with van der Waals surface area (Å²) in [5, 5.41) is 2.87. The van der Waals surface area contributed by atoms with Crippen molar-refractivity contribution in [2.45, 2.75) is 25.5 Å². The molecule has 144 valence electrons. The molecule has 3 rings (SSSR count). The van der Waals surface area contributed by atoms with Gasteiger partial charge in [0.25, 0.3) is 0 Å². The molecule has 2 aromatic rings. The van der Waals surface area contributed by atoms with Gasteiger partial charge in [-0.15, -0.1) is 0 Å². The molecule has 0 bridgehead atoms. The fraction of sp³-hybridized carbons (Fsp3) is 0.421. The van der Waals surface area contributed by atoms with Gasteiger partial charge in [0.15, 0.2) is 0 Å². The zero-order valence-corrected chi connectivity index (χ0v) is 15.6. The summed E-state index contributed by atoms with van der Waals surface area (Å²) in [5.41, 5.74) is 1.28. The highest BCUT2D eigenvalue weighted by Crippen LogP contribution is 2.25. The minimum absolute atomic E-state index is 0.0374. The molecule has 1 saturated heterocycles. The molecule has 0 radical (unpaired) electrons. The van der Waals surface area contributed by atoms with E-state index in [0.717, 1.165) is 25.1 Å². The Kier molecular flexibility index (Phi) is 6.43. The van der Waals surface area contributed by atoms with Gasteiger partial charge in [0.2, 0.25) is 11.8 Å². The van der Waals surface area contributed by atoms with Crippen molar-refractivity contribution in [3.8, 4) is 11.8 Å². The van der Waals surface area contributed by atoms with Crippen LogP contribution in [-0.2, 0) is 11.3 Å². The van der Waals surface area contributed by atoms with Crippen LogP contribution in [-0.4, -0.2) is 54.4 Å². The van der Waals surface area contributed by atoms with Crippen LogP contribution >= 0.6 is 0 Å². The number of nitrogens with one attached hydrogen (secondary N) is 1. The van der Waals surface area contributed by atoms with E-state index in [0.29, 0.717) is 24.7 Å². The molecular formula is C19H24N4O4. The summed E-state index contributed by atoms with van der Waals surface area (Å²) in [5.74, 6) is 0.701. The van der Waals surface area contributed by atoms with Crippen molar-refractivity contribution in [1.82, 2.24) is 14.9 Å². The summed E-state index contributed by atoms with van der Waals surface area (Å²) < 4.78 is 16.1. The number of anilines is 1. The first-order chi connectivity index (χ1) is 13.2. The van der Waals surface area contributed by atoms with Crippen molar-refractivity contribution in [3.05, 3.63) is 42.2 Å². The minimum atomic E-state index is -0.263. The standard InChI is InChI=1S/C19H24N4O4/c1-25-17-9-8-16(18(22-17)26-2)21-19(24)23(13-15-7-5-11-27-15)12-14-6-3-4-10-20-14/h3-4,6,8-10,15H,5,7,11-13H2,1-2H3,(H,21,24)/t15-/m1/s1. The number of rotatable bonds is 7. The number of hydrogen-bond acceptors (Lipinski definition) is 6. The molecule has 0 unspecified atom stereocenters. The lowest BCUT2D eigenvalue weighted by Crippen LogP contribution is -2.40. The van der Waals surface area contributed by atoms with Crippen LogP contribution in [0.5, 0.6) is 11.8 Å². The highest BCUT2D eigenvalue weighted by Gasteiger charge is 2.24. The van der Waals surface area contributed by atoms with Gasteiger partial charge in [0, 0.05) is 25.4 Å². The summed E-state index contributed by atoms with van der Waals surface area (Å²) in [4.78, 5) is 23.2. The first-order valence-electron chi connectivity index (χ1n) is 8.86. The number of ether oxygens (including phenoxy) is 3. The predicted molar refractivity (Wildman–Crippen MR) is 100.0 cm³/mol. The fourth-order valence-electron chi connectivity index (χ4n) is 2.92. The third-order valence-corrected chi connectivity index (χ3v) is 4.29. The van der Waals surface area contributed by atoms with E-state index in [1.165, 1.54) is 14.2 Å². The molecule has 0 aromatic carbocycles. The largest absolute Gasteiger partial charge is 0.481 e. The van der Waals surface area contributed by atoms with Crippen LogP contribution < -0.4 is 14.8 Å². The van der Waals surface area contributed by atoms with Crippen LogP contribution in [0, 0.1) is 0 Å². The van der Waals surface area contributed by atoms with E-state index in [1.54, 1.807) is 23.2 Å². The number of methoxy groups -OCH3 is 2. The predicted octanol–water partition coefficient (Wildman–Crippen LogP) is 2.71. The highest BCUT2D eigenvalue weighted by atomic mass is 16.5. The van der Waals surface area contributed by atoms with E-state index in [2.05, 4.69) is 15.3 Å². The Labute approximate surface area is 158 Å². The molecule has 2 aromatic heterocycles. The molecule has 2 amide bonds. The number of carbonyl (C=O) groups is 1. The van der Waals surface area contributed by atoms with Crippen LogP contribution in [0.2, 0.25) is 0 Å². The van der Waals surface area contributed by atoms with Crippen LogP contribution in [0.4, 0.5) is 10.5 Å². The van der Waals surface area contributed by atoms with E-state index in [-0.39, 0.29) is 18.0 Å². The second-order valence-electron chi connectivity index (χ2n) is 6.18. The molecule has 1 aliphatic heterocycles. The van der Waals surface area contributed by atoms with Gasteiger partial charge >= 0.3 is 6.03 Å². The average Bonchev–Trinajstić information content (AvgIpc) is 3.21. The zero-order chi connectivity index (χ0) is 19.1. The Balaban J connectivity index is 1.75. The third-order valence-electron chi connectivity index (χ3n) is 4.29. The van der Waals surface area contributed by atoms with Gasteiger partial charge in [-0.1, -0.05) is 6.07 Å². The highest BCUT2D eigenvalue weighted by molar-refractivity contribution is 5.90. The van der Waals surface area contributed by atoms with E-state index in [9.17, 15) is 4.79 Å². The summed E-state index contributed by atoms with van der Waals surface area (Å²) >= 11 is 0. The Morgan fingerprint density at radius 2 is 2.19 bits per heavy atom. The molecule has 1 fully saturated rings. The number of nitrogens with zero attached hydrogens (tertiary/aromatic N) is 3. The van der Waals surface area contributed by atoms with Gasteiger partial charge in [0.1, 0.15) is 5.69 Å². The average molecular weight is 372 g/mol. The molecule has 0 saturated carbocycles. The van der Waals surface area contributed by atoms with Gasteiger partial charge in [-0.2, -0.15) is 4.98 Å². The van der Waals surface area contributed by atoms with Crippen molar-refractivity contribution < 1.29 is 19.0 Å². The molecule has 27 heavy (non-hydrogen) atoms. The van der Waals surface area contributed by atoms with Gasteiger partial charge in [-0.05, 0) is 31.0 Å². The minimum Gasteiger partial charge on any atom is -0.481 e.